The molecular formula is C29H33NO11. The third-order valence-electron chi connectivity index (χ3n) is 6.97. The van der Waals surface area contributed by atoms with Gasteiger partial charge in [0.25, 0.3) is 5.91 Å². The molecule has 1 saturated heterocycles. The van der Waals surface area contributed by atoms with E-state index in [4.69, 9.17) is 13.9 Å². The Labute approximate surface area is 234 Å². The molecule has 0 spiro atoms. The minimum absolute atomic E-state index is 0.0587. The van der Waals surface area contributed by atoms with E-state index in [2.05, 4.69) is 5.32 Å². The molecule has 4 rings (SSSR count). The summed E-state index contributed by atoms with van der Waals surface area (Å²) in [4.78, 5) is 25.8. The number of anilines is 1. The second-order valence-corrected chi connectivity index (χ2v) is 10.8. The molecule has 2 heterocycles. The van der Waals surface area contributed by atoms with Gasteiger partial charge in [-0.25, -0.2) is 4.79 Å². The van der Waals surface area contributed by atoms with Gasteiger partial charge in [-0.1, -0.05) is 11.6 Å². The molecule has 1 aromatic heterocycles. The van der Waals surface area contributed by atoms with Crippen LogP contribution in [0, 0.1) is 6.92 Å². The fourth-order valence-electron chi connectivity index (χ4n) is 4.49. The van der Waals surface area contributed by atoms with Gasteiger partial charge in [-0.05, 0) is 65.3 Å². The number of fused-ring (bicyclic) bond motifs is 1. The minimum Gasteiger partial charge on any atom is -0.505 e. The molecule has 1 aliphatic rings. The maximum Gasteiger partial charge on any atom is 0.364 e. The number of phenolic OH excluding ortho intramolecular Hbond substituents is 2. The van der Waals surface area contributed by atoms with Gasteiger partial charge >= 0.3 is 5.63 Å². The molecule has 12 heteroatoms. The van der Waals surface area contributed by atoms with Crippen LogP contribution in [0.1, 0.15) is 49.2 Å². The van der Waals surface area contributed by atoms with Gasteiger partial charge < -0.3 is 49.8 Å². The van der Waals surface area contributed by atoms with Gasteiger partial charge in [0.2, 0.25) is 6.29 Å². The van der Waals surface area contributed by atoms with Crippen molar-refractivity contribution in [2.75, 3.05) is 5.32 Å². The van der Waals surface area contributed by atoms with Crippen molar-refractivity contribution in [3.63, 3.8) is 0 Å². The van der Waals surface area contributed by atoms with Crippen molar-refractivity contribution >= 4 is 22.6 Å². The molecule has 1 amide bonds. The maximum atomic E-state index is 13.0. The molecule has 12 nitrogen and oxygen atoms in total. The highest BCUT2D eigenvalue weighted by Crippen LogP contribution is 2.38. The number of aryl methyl sites for hydroxylation is 1. The van der Waals surface area contributed by atoms with Gasteiger partial charge in [-0.15, -0.1) is 0 Å². The normalized spacial score (nSPS) is 21.9. The molecule has 0 radical (unpaired) electrons. The lowest BCUT2D eigenvalue weighted by atomic mass is 9.90. The number of aliphatic hydroxyl groups is 3. The average Bonchev–Trinajstić information content (AvgIpc) is 2.90. The molecule has 41 heavy (non-hydrogen) atoms. The summed E-state index contributed by atoms with van der Waals surface area (Å²) in [6, 6.07) is 5.16. The summed E-state index contributed by atoms with van der Waals surface area (Å²) in [6.45, 7) is 8.28. The third-order valence-corrected chi connectivity index (χ3v) is 6.97. The molecule has 2 aromatic carbocycles. The van der Waals surface area contributed by atoms with E-state index >= 15 is 0 Å². The molecule has 7 N–H and O–H groups in total. The number of aromatic hydroxyl groups is 3. The number of hydrogen-bond donors (Lipinski definition) is 7. The Morgan fingerprint density at radius 3 is 2.41 bits per heavy atom. The van der Waals surface area contributed by atoms with Crippen LogP contribution < -0.4 is 15.7 Å². The standard InChI is InChI=1S/C29H33NO11/c1-12(2)6-7-14-10-15(11-17(31)20(14)32)26(37)30-19-21(33)16-8-9-18(13(3)24(16)40-27(19)38)39-28-23(35)22(34)25(36)29(4,5)41-28/h6,8-11,22-23,25,28,31-36H,7H2,1-5H3,(H,30,37). The highest BCUT2D eigenvalue weighted by Gasteiger charge is 2.49. The molecule has 0 saturated carbocycles. The van der Waals surface area contributed by atoms with Crippen molar-refractivity contribution in [1.82, 2.24) is 0 Å². The molecule has 3 aromatic rings. The van der Waals surface area contributed by atoms with Crippen molar-refractivity contribution < 1.29 is 49.3 Å². The van der Waals surface area contributed by atoms with Crippen LogP contribution in [0.2, 0.25) is 0 Å². The largest absolute Gasteiger partial charge is 0.505 e. The van der Waals surface area contributed by atoms with Crippen LogP contribution in [-0.2, 0) is 11.2 Å². The van der Waals surface area contributed by atoms with E-state index in [-0.39, 0.29) is 45.6 Å². The summed E-state index contributed by atoms with van der Waals surface area (Å²) in [5, 5.41) is 64.2. The van der Waals surface area contributed by atoms with E-state index in [1.165, 1.54) is 39.0 Å². The molecule has 1 fully saturated rings. The molecule has 4 unspecified atom stereocenters. The van der Waals surface area contributed by atoms with E-state index < -0.39 is 58.9 Å². The first kappa shape index (κ1) is 29.9. The zero-order valence-corrected chi connectivity index (χ0v) is 23.1. The predicted octanol–water partition coefficient (Wildman–Crippen LogP) is 2.58. The van der Waals surface area contributed by atoms with Crippen LogP contribution in [0.25, 0.3) is 11.0 Å². The van der Waals surface area contributed by atoms with Crippen molar-refractivity contribution in [3.05, 3.63) is 63.0 Å². The van der Waals surface area contributed by atoms with Crippen LogP contribution in [0.15, 0.2) is 45.1 Å². The van der Waals surface area contributed by atoms with E-state index in [9.17, 15) is 40.2 Å². The number of nitrogens with one attached hydrogen (secondary N) is 1. The summed E-state index contributed by atoms with van der Waals surface area (Å²) in [6.07, 6.45) is -3.83. The van der Waals surface area contributed by atoms with Crippen LogP contribution in [0.3, 0.4) is 0 Å². The molecule has 0 bridgehead atoms. The van der Waals surface area contributed by atoms with Gasteiger partial charge in [-0.2, -0.15) is 0 Å². The highest BCUT2D eigenvalue weighted by molar-refractivity contribution is 6.07. The van der Waals surface area contributed by atoms with Crippen LogP contribution >= 0.6 is 0 Å². The quantitative estimate of drug-likeness (QED) is 0.130. The summed E-state index contributed by atoms with van der Waals surface area (Å²) in [7, 11) is 0. The monoisotopic (exact) mass is 571 g/mol. The smallest absolute Gasteiger partial charge is 0.364 e. The second-order valence-electron chi connectivity index (χ2n) is 10.8. The van der Waals surface area contributed by atoms with Crippen LogP contribution in [0.4, 0.5) is 5.69 Å². The first-order chi connectivity index (χ1) is 19.1. The number of benzene rings is 2. The lowest BCUT2D eigenvalue weighted by molar-refractivity contribution is -0.301. The highest BCUT2D eigenvalue weighted by atomic mass is 16.7. The van der Waals surface area contributed by atoms with Gasteiger partial charge in [0, 0.05) is 16.7 Å². The first-order valence-electron chi connectivity index (χ1n) is 12.8. The lowest BCUT2D eigenvalue weighted by Gasteiger charge is -2.45. The topological polar surface area (TPSA) is 199 Å². The number of amides is 1. The van der Waals surface area contributed by atoms with Crippen LogP contribution in [-0.4, -0.2) is 66.7 Å². The van der Waals surface area contributed by atoms with Gasteiger partial charge in [-0.3, -0.25) is 4.79 Å². The Balaban J connectivity index is 1.65. The zero-order chi connectivity index (χ0) is 30.4. The number of allylic oxidation sites excluding steroid dienone is 2. The summed E-state index contributed by atoms with van der Waals surface area (Å²) in [5.41, 5.74) is -1.52. The van der Waals surface area contributed by atoms with Crippen LogP contribution in [0.5, 0.6) is 23.0 Å². The van der Waals surface area contributed by atoms with Gasteiger partial charge in [0.15, 0.2) is 22.9 Å². The first-order valence-corrected chi connectivity index (χ1v) is 12.8. The minimum atomic E-state index is -1.59. The summed E-state index contributed by atoms with van der Waals surface area (Å²) < 4.78 is 16.8. The molecule has 1 aliphatic heterocycles. The Morgan fingerprint density at radius 1 is 1.07 bits per heavy atom. The third kappa shape index (κ3) is 5.72. The number of hydrogen-bond acceptors (Lipinski definition) is 11. The van der Waals surface area contributed by atoms with E-state index in [0.717, 1.165) is 11.6 Å². The number of carbonyl (C=O) groups excluding carboxylic acids is 1. The number of aliphatic hydroxyl groups excluding tert-OH is 3. The summed E-state index contributed by atoms with van der Waals surface area (Å²) in [5.74, 6) is -2.22. The molecular weight excluding hydrogens is 538 g/mol. The van der Waals surface area contributed by atoms with Crippen molar-refractivity contribution in [3.8, 4) is 23.0 Å². The van der Waals surface area contributed by atoms with E-state index in [1.54, 1.807) is 6.08 Å². The zero-order valence-electron chi connectivity index (χ0n) is 23.1. The predicted molar refractivity (Wildman–Crippen MR) is 147 cm³/mol. The number of phenols is 2. The Morgan fingerprint density at radius 2 is 1.76 bits per heavy atom. The lowest BCUT2D eigenvalue weighted by Crippen LogP contribution is -2.63. The van der Waals surface area contributed by atoms with Crippen molar-refractivity contribution in [2.45, 2.75) is 71.2 Å². The number of carbonyl (C=O) groups is 1. The maximum absolute atomic E-state index is 13.0. The molecule has 220 valence electrons. The number of ether oxygens (including phenoxy) is 2. The second kappa shape index (κ2) is 11.1. The fraction of sp³-hybridized carbons (Fsp3) is 0.379. The SMILES string of the molecule is CC(C)=CCc1cc(C(=O)Nc2c(O)c3ccc(OC4OC(C)(C)C(O)C(O)C4O)c(C)c3oc2=O)cc(O)c1O. The van der Waals surface area contributed by atoms with E-state index in [0.29, 0.717) is 0 Å². The summed E-state index contributed by atoms with van der Waals surface area (Å²) >= 11 is 0. The van der Waals surface area contributed by atoms with E-state index in [1.807, 2.05) is 13.8 Å². The Bertz CT molecular complexity index is 1590. The Kier molecular flexibility index (Phi) is 8.05. The van der Waals surface area contributed by atoms with Crippen molar-refractivity contribution in [1.29, 1.82) is 0 Å². The van der Waals surface area contributed by atoms with Crippen molar-refractivity contribution in [2.24, 2.45) is 0 Å². The average molecular weight is 572 g/mol. The van der Waals surface area contributed by atoms with Gasteiger partial charge in [0.05, 0.1) is 11.0 Å². The van der Waals surface area contributed by atoms with Gasteiger partial charge in [0.1, 0.15) is 29.6 Å². The Hall–Kier alpha value is -4.10. The number of rotatable bonds is 6. The molecule has 0 aliphatic carbocycles. The molecule has 4 atom stereocenters. The fourth-order valence-corrected chi connectivity index (χ4v) is 4.49.